The third-order valence-electron chi connectivity index (χ3n) is 6.76. The molecule has 3 aliphatic heterocycles. The zero-order valence-electron chi connectivity index (χ0n) is 15.7. The SMILES string of the molecule is CCC(C)CN1C[C@H]2C(=O)NC3(CCN(C(=O)c4cccs4)CC3)[C@H]2C1. The minimum Gasteiger partial charge on any atom is -0.350 e. The molecule has 26 heavy (non-hydrogen) atoms. The van der Waals surface area contributed by atoms with Crippen molar-refractivity contribution >= 4 is 23.2 Å². The van der Waals surface area contributed by atoms with E-state index >= 15 is 0 Å². The molecule has 142 valence electrons. The number of rotatable bonds is 4. The molecule has 0 aliphatic carbocycles. The minimum absolute atomic E-state index is 0.0990. The monoisotopic (exact) mass is 375 g/mol. The van der Waals surface area contributed by atoms with Crippen LogP contribution in [0.2, 0.25) is 0 Å². The lowest BCUT2D eigenvalue weighted by molar-refractivity contribution is -0.123. The Bertz CT molecular complexity index is 667. The predicted octanol–water partition coefficient (Wildman–Crippen LogP) is 2.45. The van der Waals surface area contributed by atoms with Crippen LogP contribution in [0.25, 0.3) is 0 Å². The van der Waals surface area contributed by atoms with Crippen LogP contribution >= 0.6 is 11.3 Å². The van der Waals surface area contributed by atoms with Gasteiger partial charge in [0.25, 0.3) is 5.91 Å². The molecule has 3 fully saturated rings. The predicted molar refractivity (Wildman–Crippen MR) is 103 cm³/mol. The quantitative estimate of drug-likeness (QED) is 0.879. The number of nitrogens with zero attached hydrogens (tertiary/aromatic N) is 2. The fourth-order valence-corrected chi connectivity index (χ4v) is 5.71. The molecule has 6 heteroatoms. The van der Waals surface area contributed by atoms with Crippen LogP contribution in [0.5, 0.6) is 0 Å². The van der Waals surface area contributed by atoms with Crippen LogP contribution in [0.15, 0.2) is 17.5 Å². The molecule has 2 amide bonds. The Balaban J connectivity index is 1.42. The van der Waals surface area contributed by atoms with Gasteiger partial charge >= 0.3 is 0 Å². The van der Waals surface area contributed by atoms with E-state index in [1.807, 2.05) is 22.4 Å². The Labute approximate surface area is 159 Å². The molecule has 3 atom stereocenters. The highest BCUT2D eigenvalue weighted by Crippen LogP contribution is 2.44. The number of likely N-dealkylation sites (tertiary alicyclic amines) is 2. The highest BCUT2D eigenvalue weighted by Gasteiger charge is 2.57. The first-order valence-corrected chi connectivity index (χ1v) is 10.8. The topological polar surface area (TPSA) is 52.7 Å². The van der Waals surface area contributed by atoms with Crippen molar-refractivity contribution in [2.45, 2.75) is 38.6 Å². The Morgan fingerprint density at radius 3 is 2.81 bits per heavy atom. The maximum atomic E-state index is 12.6. The first kappa shape index (κ1) is 18.0. The van der Waals surface area contributed by atoms with Crippen molar-refractivity contribution < 1.29 is 9.59 Å². The molecule has 3 aliphatic rings. The van der Waals surface area contributed by atoms with Gasteiger partial charge in [0.1, 0.15) is 0 Å². The van der Waals surface area contributed by atoms with Crippen molar-refractivity contribution in [2.24, 2.45) is 17.8 Å². The summed E-state index contributed by atoms with van der Waals surface area (Å²) < 4.78 is 0. The summed E-state index contributed by atoms with van der Waals surface area (Å²) in [5.41, 5.74) is -0.0990. The number of carbonyl (C=O) groups excluding carboxylic acids is 2. The van der Waals surface area contributed by atoms with Gasteiger partial charge in [0.15, 0.2) is 0 Å². The van der Waals surface area contributed by atoms with E-state index in [9.17, 15) is 9.59 Å². The number of amides is 2. The van der Waals surface area contributed by atoms with E-state index in [0.717, 1.165) is 50.4 Å². The van der Waals surface area contributed by atoms with E-state index in [4.69, 9.17) is 0 Å². The Morgan fingerprint density at radius 1 is 1.38 bits per heavy atom. The number of carbonyl (C=O) groups is 2. The van der Waals surface area contributed by atoms with Crippen LogP contribution in [0.1, 0.15) is 42.8 Å². The van der Waals surface area contributed by atoms with Gasteiger partial charge in [-0.15, -0.1) is 11.3 Å². The van der Waals surface area contributed by atoms with Gasteiger partial charge in [-0.1, -0.05) is 26.3 Å². The lowest BCUT2D eigenvalue weighted by Gasteiger charge is -2.42. The Kier molecular flexibility index (Phi) is 4.82. The molecule has 1 spiro atoms. The van der Waals surface area contributed by atoms with E-state index < -0.39 is 0 Å². The van der Waals surface area contributed by atoms with E-state index in [1.165, 1.54) is 17.8 Å². The van der Waals surface area contributed by atoms with Gasteiger partial charge in [-0.25, -0.2) is 0 Å². The van der Waals surface area contributed by atoms with Crippen LogP contribution in [-0.4, -0.2) is 59.9 Å². The van der Waals surface area contributed by atoms with Crippen LogP contribution in [0.3, 0.4) is 0 Å². The maximum absolute atomic E-state index is 12.6. The molecule has 3 saturated heterocycles. The zero-order valence-corrected chi connectivity index (χ0v) is 16.6. The molecule has 1 N–H and O–H groups in total. The largest absolute Gasteiger partial charge is 0.350 e. The van der Waals surface area contributed by atoms with Crippen molar-refractivity contribution in [1.82, 2.24) is 15.1 Å². The fraction of sp³-hybridized carbons (Fsp3) is 0.700. The normalized spacial score (nSPS) is 29.0. The average molecular weight is 376 g/mol. The summed E-state index contributed by atoms with van der Waals surface area (Å²) in [6.45, 7) is 9.02. The summed E-state index contributed by atoms with van der Waals surface area (Å²) in [5.74, 6) is 1.59. The molecule has 1 aromatic heterocycles. The van der Waals surface area contributed by atoms with E-state index in [2.05, 4.69) is 24.1 Å². The molecule has 0 bridgehead atoms. The number of piperidine rings is 1. The van der Waals surface area contributed by atoms with Gasteiger partial charge in [-0.3, -0.25) is 9.59 Å². The summed E-state index contributed by atoms with van der Waals surface area (Å²) in [6.07, 6.45) is 2.95. The highest BCUT2D eigenvalue weighted by molar-refractivity contribution is 7.12. The van der Waals surface area contributed by atoms with Gasteiger partial charge in [-0.05, 0) is 30.2 Å². The molecule has 4 rings (SSSR count). The van der Waals surface area contributed by atoms with Crippen LogP contribution < -0.4 is 5.32 Å². The Hall–Kier alpha value is -1.40. The third kappa shape index (κ3) is 3.07. The summed E-state index contributed by atoms with van der Waals surface area (Å²) in [5, 5.41) is 5.30. The summed E-state index contributed by atoms with van der Waals surface area (Å²) in [4.78, 5) is 30.5. The van der Waals surface area contributed by atoms with Gasteiger partial charge < -0.3 is 15.1 Å². The summed E-state index contributed by atoms with van der Waals surface area (Å²) >= 11 is 1.50. The van der Waals surface area contributed by atoms with E-state index in [1.54, 1.807) is 0 Å². The second kappa shape index (κ2) is 6.97. The second-order valence-electron chi connectivity index (χ2n) is 8.36. The Morgan fingerprint density at radius 2 is 2.15 bits per heavy atom. The number of thiophene rings is 1. The van der Waals surface area contributed by atoms with Crippen molar-refractivity contribution in [2.75, 3.05) is 32.7 Å². The summed E-state index contributed by atoms with van der Waals surface area (Å²) in [7, 11) is 0. The number of nitrogens with one attached hydrogen (secondary N) is 1. The minimum atomic E-state index is -0.0990. The molecule has 1 unspecified atom stereocenters. The third-order valence-corrected chi connectivity index (χ3v) is 7.61. The van der Waals surface area contributed by atoms with Crippen molar-refractivity contribution in [3.63, 3.8) is 0 Å². The van der Waals surface area contributed by atoms with Gasteiger partial charge in [-0.2, -0.15) is 0 Å². The van der Waals surface area contributed by atoms with Crippen molar-refractivity contribution in [1.29, 1.82) is 0 Å². The highest BCUT2D eigenvalue weighted by atomic mass is 32.1. The molecule has 4 heterocycles. The van der Waals surface area contributed by atoms with E-state index in [-0.39, 0.29) is 23.3 Å². The molecular formula is C20H29N3O2S. The molecule has 0 aromatic carbocycles. The molecule has 1 aromatic rings. The van der Waals surface area contributed by atoms with Crippen LogP contribution in [-0.2, 0) is 4.79 Å². The number of fused-ring (bicyclic) bond motifs is 2. The molecular weight excluding hydrogens is 346 g/mol. The summed E-state index contributed by atoms with van der Waals surface area (Å²) in [6, 6.07) is 3.82. The lowest BCUT2D eigenvalue weighted by atomic mass is 9.75. The number of hydrogen-bond donors (Lipinski definition) is 1. The van der Waals surface area contributed by atoms with Gasteiger partial charge in [0.05, 0.1) is 10.8 Å². The van der Waals surface area contributed by atoms with E-state index in [0.29, 0.717) is 11.8 Å². The zero-order chi connectivity index (χ0) is 18.3. The fourth-order valence-electron chi connectivity index (χ4n) is 5.02. The van der Waals surface area contributed by atoms with Crippen molar-refractivity contribution in [3.8, 4) is 0 Å². The first-order valence-electron chi connectivity index (χ1n) is 9.89. The maximum Gasteiger partial charge on any atom is 0.263 e. The van der Waals surface area contributed by atoms with Gasteiger partial charge in [0.2, 0.25) is 5.91 Å². The van der Waals surface area contributed by atoms with Crippen molar-refractivity contribution in [3.05, 3.63) is 22.4 Å². The lowest BCUT2D eigenvalue weighted by Crippen LogP contribution is -2.56. The first-order chi connectivity index (χ1) is 12.5. The smallest absolute Gasteiger partial charge is 0.263 e. The second-order valence-corrected chi connectivity index (χ2v) is 9.31. The van der Waals surface area contributed by atoms with Crippen LogP contribution in [0, 0.1) is 17.8 Å². The van der Waals surface area contributed by atoms with Crippen LogP contribution in [0.4, 0.5) is 0 Å². The molecule has 0 saturated carbocycles. The van der Waals surface area contributed by atoms with Gasteiger partial charge in [0, 0.05) is 44.2 Å². The molecule has 5 nitrogen and oxygen atoms in total. The standard InChI is InChI=1S/C20H29N3O2S/c1-3-14(2)11-22-12-15-16(13-22)20(21-18(15)24)6-8-23(9-7-20)19(25)17-5-4-10-26-17/h4-5,10,14-16H,3,6-9,11-13H2,1-2H3,(H,21,24)/t14?,15-,16+/m1/s1. The number of hydrogen-bond acceptors (Lipinski definition) is 4. The average Bonchev–Trinajstić information content (AvgIpc) is 3.35. The molecule has 0 radical (unpaired) electrons.